The average Bonchev–Trinajstić information content (AvgIpc) is 3.29. The zero-order chi connectivity index (χ0) is 20.6. The van der Waals surface area contributed by atoms with Crippen molar-refractivity contribution in [2.75, 3.05) is 59.4 Å². The lowest BCUT2D eigenvalue weighted by Crippen LogP contribution is -2.45. The molecule has 2 fully saturated rings. The minimum Gasteiger partial charge on any atom is -0.444 e. The molecule has 0 bridgehead atoms. The van der Waals surface area contributed by atoms with E-state index in [9.17, 15) is 4.79 Å². The van der Waals surface area contributed by atoms with E-state index in [1.807, 2.05) is 27.8 Å². The Bertz CT molecular complexity index is 511. The highest BCUT2D eigenvalue weighted by atomic mass is 16.6. The minimum atomic E-state index is -0.466. The number of hydrogen-bond donors (Lipinski definition) is 1. The molecule has 2 heterocycles. The molecule has 2 rings (SSSR count). The van der Waals surface area contributed by atoms with E-state index >= 15 is 0 Å². The molecule has 7 heteroatoms. The van der Waals surface area contributed by atoms with Crippen LogP contribution in [0.25, 0.3) is 0 Å². The van der Waals surface area contributed by atoms with Crippen molar-refractivity contribution in [2.45, 2.75) is 59.0 Å². The summed E-state index contributed by atoms with van der Waals surface area (Å²) in [5.74, 6) is 1.68. The molecule has 0 aromatic heterocycles. The zero-order valence-electron chi connectivity index (χ0n) is 18.7. The van der Waals surface area contributed by atoms with Crippen LogP contribution < -0.4 is 5.32 Å². The van der Waals surface area contributed by atoms with Gasteiger partial charge in [-0.1, -0.05) is 6.92 Å². The number of rotatable bonds is 7. The highest BCUT2D eigenvalue weighted by Gasteiger charge is 2.27. The molecule has 162 valence electrons. The molecule has 0 aliphatic carbocycles. The van der Waals surface area contributed by atoms with Crippen LogP contribution in [-0.4, -0.2) is 91.8 Å². The quantitative estimate of drug-likeness (QED) is 0.530. The molecule has 2 aliphatic heterocycles. The first-order chi connectivity index (χ1) is 13.3. The number of carbonyl (C=O) groups excluding carboxylic acids is 1. The summed E-state index contributed by atoms with van der Waals surface area (Å²) in [6, 6.07) is 0. The molecule has 0 aromatic rings. The first-order valence-corrected chi connectivity index (χ1v) is 11.0. The van der Waals surface area contributed by atoms with Crippen LogP contribution in [0.15, 0.2) is 4.99 Å². The predicted octanol–water partition coefficient (Wildman–Crippen LogP) is 2.63. The maximum atomic E-state index is 12.4. The van der Waals surface area contributed by atoms with Gasteiger partial charge in [-0.15, -0.1) is 0 Å². The highest BCUT2D eigenvalue weighted by Crippen LogP contribution is 2.20. The van der Waals surface area contributed by atoms with E-state index < -0.39 is 5.60 Å². The van der Waals surface area contributed by atoms with Crippen molar-refractivity contribution < 1.29 is 9.53 Å². The van der Waals surface area contributed by atoms with Crippen LogP contribution in [0.4, 0.5) is 4.79 Å². The Kier molecular flexibility index (Phi) is 8.86. The summed E-state index contributed by atoms with van der Waals surface area (Å²) in [6.45, 7) is 15.7. The van der Waals surface area contributed by atoms with Crippen molar-refractivity contribution in [3.8, 4) is 0 Å². The van der Waals surface area contributed by atoms with Gasteiger partial charge in [0.05, 0.1) is 0 Å². The third-order valence-electron chi connectivity index (χ3n) is 5.32. The molecule has 2 saturated heterocycles. The monoisotopic (exact) mass is 395 g/mol. The van der Waals surface area contributed by atoms with Crippen LogP contribution in [-0.2, 0) is 4.74 Å². The Balaban J connectivity index is 1.76. The lowest BCUT2D eigenvalue weighted by Gasteiger charge is -2.28. The van der Waals surface area contributed by atoms with Gasteiger partial charge in [0.25, 0.3) is 0 Å². The summed E-state index contributed by atoms with van der Waals surface area (Å²) in [5.41, 5.74) is -0.466. The van der Waals surface area contributed by atoms with Crippen LogP contribution in [0, 0.1) is 5.92 Å². The molecule has 0 aromatic carbocycles. The van der Waals surface area contributed by atoms with E-state index in [-0.39, 0.29) is 6.09 Å². The lowest BCUT2D eigenvalue weighted by atomic mass is 10.1. The summed E-state index contributed by atoms with van der Waals surface area (Å²) in [6.07, 6.45) is 4.62. The number of guanidine groups is 1. The number of likely N-dealkylation sites (tertiary alicyclic amines) is 2. The summed E-state index contributed by atoms with van der Waals surface area (Å²) in [7, 11) is 1.84. The van der Waals surface area contributed by atoms with Gasteiger partial charge in [-0.25, -0.2) is 4.79 Å². The first kappa shape index (κ1) is 22.8. The Morgan fingerprint density at radius 1 is 1.21 bits per heavy atom. The van der Waals surface area contributed by atoms with E-state index in [1.54, 1.807) is 4.90 Å². The zero-order valence-corrected chi connectivity index (χ0v) is 18.7. The van der Waals surface area contributed by atoms with Crippen molar-refractivity contribution in [1.29, 1.82) is 0 Å². The van der Waals surface area contributed by atoms with Gasteiger partial charge in [-0.2, -0.15) is 0 Å². The van der Waals surface area contributed by atoms with Crippen molar-refractivity contribution in [2.24, 2.45) is 10.9 Å². The maximum absolute atomic E-state index is 12.4. The largest absolute Gasteiger partial charge is 0.444 e. The third-order valence-corrected chi connectivity index (χ3v) is 5.32. The van der Waals surface area contributed by atoms with Gasteiger partial charge in [0.1, 0.15) is 5.60 Å². The first-order valence-electron chi connectivity index (χ1n) is 11.0. The smallest absolute Gasteiger partial charge is 0.410 e. The molecule has 0 saturated carbocycles. The molecule has 7 nitrogen and oxygen atoms in total. The SMILES string of the molecule is CCCN(CCNC(=NC)N1CCC(CN2CCCC2)C1)C(=O)OC(C)(C)C. The number of nitrogens with zero attached hydrogens (tertiary/aromatic N) is 4. The average molecular weight is 396 g/mol. The summed E-state index contributed by atoms with van der Waals surface area (Å²) in [4.78, 5) is 23.6. The van der Waals surface area contributed by atoms with Gasteiger partial charge in [-0.3, -0.25) is 4.99 Å². The Hall–Kier alpha value is -1.50. The normalized spacial score (nSPS) is 21.2. The van der Waals surface area contributed by atoms with Crippen molar-refractivity contribution in [3.63, 3.8) is 0 Å². The number of ether oxygens (including phenoxy) is 1. The molecule has 1 N–H and O–H groups in total. The van der Waals surface area contributed by atoms with E-state index in [2.05, 4.69) is 27.0 Å². The van der Waals surface area contributed by atoms with Gasteiger partial charge in [0, 0.05) is 46.3 Å². The standard InChI is InChI=1S/C21H41N5O2/c1-6-11-25(20(27)28-21(2,3)4)15-10-23-19(22-5)26-14-9-18(17-26)16-24-12-7-8-13-24/h18H,6-17H2,1-5H3,(H,22,23). The predicted molar refractivity (Wildman–Crippen MR) is 115 cm³/mol. The number of aliphatic imine (C=N–C) groups is 1. The van der Waals surface area contributed by atoms with Crippen LogP contribution in [0.2, 0.25) is 0 Å². The second-order valence-corrected chi connectivity index (χ2v) is 9.05. The van der Waals surface area contributed by atoms with Crippen LogP contribution in [0.3, 0.4) is 0 Å². The summed E-state index contributed by atoms with van der Waals surface area (Å²) < 4.78 is 5.53. The molecular weight excluding hydrogens is 354 g/mol. The van der Waals surface area contributed by atoms with Gasteiger partial charge in [0.2, 0.25) is 0 Å². The molecule has 0 radical (unpaired) electrons. The molecule has 1 unspecified atom stereocenters. The third kappa shape index (κ3) is 7.49. The molecule has 0 spiro atoms. The van der Waals surface area contributed by atoms with Gasteiger partial charge >= 0.3 is 6.09 Å². The molecule has 2 aliphatic rings. The van der Waals surface area contributed by atoms with Crippen LogP contribution >= 0.6 is 0 Å². The second-order valence-electron chi connectivity index (χ2n) is 9.05. The summed E-state index contributed by atoms with van der Waals surface area (Å²) >= 11 is 0. The molecule has 1 amide bonds. The maximum Gasteiger partial charge on any atom is 0.410 e. The van der Waals surface area contributed by atoms with E-state index in [4.69, 9.17) is 4.74 Å². The van der Waals surface area contributed by atoms with Gasteiger partial charge in [0.15, 0.2) is 5.96 Å². The number of carbonyl (C=O) groups is 1. The van der Waals surface area contributed by atoms with Crippen molar-refractivity contribution in [1.82, 2.24) is 20.0 Å². The van der Waals surface area contributed by atoms with Gasteiger partial charge < -0.3 is 24.8 Å². The van der Waals surface area contributed by atoms with E-state index in [0.29, 0.717) is 19.6 Å². The van der Waals surface area contributed by atoms with Crippen LogP contribution in [0.1, 0.15) is 53.4 Å². The molecule has 1 atom stereocenters. The fourth-order valence-corrected chi connectivity index (χ4v) is 4.03. The van der Waals surface area contributed by atoms with Crippen LogP contribution in [0.5, 0.6) is 0 Å². The van der Waals surface area contributed by atoms with Crippen molar-refractivity contribution in [3.05, 3.63) is 0 Å². The van der Waals surface area contributed by atoms with Gasteiger partial charge in [-0.05, 0) is 65.5 Å². The highest BCUT2D eigenvalue weighted by molar-refractivity contribution is 5.80. The molecular formula is C21H41N5O2. The number of nitrogens with one attached hydrogen (secondary N) is 1. The number of hydrogen-bond acceptors (Lipinski definition) is 4. The van der Waals surface area contributed by atoms with E-state index in [1.165, 1.54) is 38.9 Å². The topological polar surface area (TPSA) is 60.4 Å². The Morgan fingerprint density at radius 2 is 1.93 bits per heavy atom. The van der Waals surface area contributed by atoms with E-state index in [0.717, 1.165) is 31.4 Å². The lowest BCUT2D eigenvalue weighted by molar-refractivity contribution is 0.0253. The second kappa shape index (κ2) is 10.9. The summed E-state index contributed by atoms with van der Waals surface area (Å²) in [5, 5.41) is 3.45. The number of amides is 1. The Morgan fingerprint density at radius 3 is 2.54 bits per heavy atom. The Labute approximate surface area is 171 Å². The molecule has 28 heavy (non-hydrogen) atoms. The fraction of sp³-hybridized carbons (Fsp3) is 0.905. The van der Waals surface area contributed by atoms with Crippen molar-refractivity contribution >= 4 is 12.1 Å². The minimum absolute atomic E-state index is 0.238. The fourth-order valence-electron chi connectivity index (χ4n) is 4.03.